The average Bonchev–Trinajstić information content (AvgIpc) is 2.86. The van der Waals surface area contributed by atoms with E-state index >= 15 is 0 Å². The van der Waals surface area contributed by atoms with Crippen molar-refractivity contribution >= 4 is 29.2 Å². The second kappa shape index (κ2) is 9.09. The van der Waals surface area contributed by atoms with Crippen LogP contribution in [0.2, 0.25) is 0 Å². The third-order valence-electron chi connectivity index (χ3n) is 5.93. The van der Waals surface area contributed by atoms with Crippen LogP contribution in [0.3, 0.4) is 0 Å². The fraction of sp³-hybridized carbons (Fsp3) is 0.231. The van der Waals surface area contributed by atoms with Gasteiger partial charge in [0.15, 0.2) is 0 Å². The van der Waals surface area contributed by atoms with E-state index in [-0.39, 0.29) is 5.56 Å². The number of fused-ring (bicyclic) bond motifs is 1. The number of rotatable bonds is 5. The first-order chi connectivity index (χ1) is 15.7. The van der Waals surface area contributed by atoms with Gasteiger partial charge in [-0.05, 0) is 61.7 Å². The second-order valence-electron chi connectivity index (χ2n) is 7.96. The Morgan fingerprint density at radius 2 is 1.59 bits per heavy atom. The monoisotopic (exact) mass is 443 g/mol. The molecule has 0 bridgehead atoms. The molecule has 0 saturated carbocycles. The summed E-state index contributed by atoms with van der Waals surface area (Å²) in [5.41, 5.74) is 3.37. The predicted octanol–water partition coefficient (Wildman–Crippen LogP) is 5.31. The fourth-order valence-corrected chi connectivity index (χ4v) is 4.46. The molecule has 0 spiro atoms. The average molecular weight is 444 g/mol. The molecule has 3 aromatic carbocycles. The maximum absolute atomic E-state index is 13.8. The molecule has 1 aliphatic rings. The lowest BCUT2D eigenvalue weighted by molar-refractivity contribution is 0.394. The minimum atomic E-state index is -0.0735. The standard InChI is InChI=1S/C26H25N3O2S/c30-26-23-17-21(28-15-5-2-6-16-28)11-14-24(23)27-25(19-7-3-1-4-8-19)29(26)20-9-12-22(13-10-20)31-18-32/h1,3-4,7-14,17,32H,2,5-6,15-16,18H2. The first kappa shape index (κ1) is 20.6. The lowest BCUT2D eigenvalue weighted by atomic mass is 10.1. The van der Waals surface area contributed by atoms with Gasteiger partial charge in [0, 0.05) is 24.3 Å². The van der Waals surface area contributed by atoms with Gasteiger partial charge in [-0.25, -0.2) is 4.98 Å². The van der Waals surface area contributed by atoms with E-state index in [9.17, 15) is 4.79 Å². The van der Waals surface area contributed by atoms with Crippen LogP contribution in [-0.2, 0) is 0 Å². The third kappa shape index (κ3) is 3.98. The van der Waals surface area contributed by atoms with Crippen molar-refractivity contribution in [2.75, 3.05) is 23.9 Å². The maximum Gasteiger partial charge on any atom is 0.266 e. The number of hydrogen-bond donors (Lipinski definition) is 1. The van der Waals surface area contributed by atoms with Gasteiger partial charge in [-0.3, -0.25) is 9.36 Å². The largest absolute Gasteiger partial charge is 0.483 e. The molecule has 0 unspecified atom stereocenters. The minimum Gasteiger partial charge on any atom is -0.483 e. The van der Waals surface area contributed by atoms with Gasteiger partial charge in [0.2, 0.25) is 0 Å². The van der Waals surface area contributed by atoms with E-state index < -0.39 is 0 Å². The summed E-state index contributed by atoms with van der Waals surface area (Å²) in [6, 6.07) is 23.4. The highest BCUT2D eigenvalue weighted by molar-refractivity contribution is 7.80. The van der Waals surface area contributed by atoms with Crippen LogP contribution in [0.5, 0.6) is 5.75 Å². The molecule has 1 saturated heterocycles. The second-order valence-corrected chi connectivity index (χ2v) is 8.22. The number of nitrogens with zero attached hydrogens (tertiary/aromatic N) is 3. The predicted molar refractivity (Wildman–Crippen MR) is 133 cm³/mol. The lowest BCUT2D eigenvalue weighted by Crippen LogP contribution is -2.29. The molecular formula is C26H25N3O2S. The van der Waals surface area contributed by atoms with Crippen LogP contribution in [0.1, 0.15) is 19.3 Å². The molecule has 4 aromatic rings. The summed E-state index contributed by atoms with van der Waals surface area (Å²) in [7, 11) is 0. The van der Waals surface area contributed by atoms with Gasteiger partial charge in [-0.15, -0.1) is 12.6 Å². The van der Waals surface area contributed by atoms with Gasteiger partial charge < -0.3 is 9.64 Å². The van der Waals surface area contributed by atoms with Crippen molar-refractivity contribution in [1.82, 2.24) is 9.55 Å². The number of benzene rings is 3. The maximum atomic E-state index is 13.8. The number of ether oxygens (including phenoxy) is 1. The molecule has 0 amide bonds. The number of aromatic nitrogens is 2. The minimum absolute atomic E-state index is 0.0735. The zero-order chi connectivity index (χ0) is 21.9. The summed E-state index contributed by atoms with van der Waals surface area (Å²) < 4.78 is 7.15. The molecule has 162 valence electrons. The highest BCUT2D eigenvalue weighted by atomic mass is 32.1. The topological polar surface area (TPSA) is 47.4 Å². The Morgan fingerprint density at radius 3 is 2.31 bits per heavy atom. The highest BCUT2D eigenvalue weighted by Crippen LogP contribution is 2.27. The third-order valence-corrected chi connectivity index (χ3v) is 6.06. The van der Waals surface area contributed by atoms with E-state index in [2.05, 4.69) is 23.6 Å². The molecule has 1 fully saturated rings. The van der Waals surface area contributed by atoms with E-state index in [1.807, 2.05) is 66.7 Å². The number of anilines is 1. The van der Waals surface area contributed by atoms with E-state index in [4.69, 9.17) is 9.72 Å². The van der Waals surface area contributed by atoms with Crippen LogP contribution in [0.25, 0.3) is 28.0 Å². The molecule has 5 rings (SSSR count). The molecule has 0 atom stereocenters. The summed E-state index contributed by atoms with van der Waals surface area (Å²) in [5, 5.41) is 0.628. The Bertz CT molecular complexity index is 1280. The Morgan fingerprint density at radius 1 is 0.875 bits per heavy atom. The summed E-state index contributed by atoms with van der Waals surface area (Å²) in [6.07, 6.45) is 3.65. The Kier molecular flexibility index (Phi) is 5.86. The van der Waals surface area contributed by atoms with Crippen molar-refractivity contribution in [3.05, 3.63) is 83.2 Å². The number of thiol groups is 1. The first-order valence-corrected chi connectivity index (χ1v) is 11.6. The molecule has 1 aliphatic heterocycles. The van der Waals surface area contributed by atoms with Gasteiger partial charge in [-0.2, -0.15) is 0 Å². The zero-order valence-electron chi connectivity index (χ0n) is 17.8. The van der Waals surface area contributed by atoms with Crippen LogP contribution in [0.15, 0.2) is 77.6 Å². The van der Waals surface area contributed by atoms with Gasteiger partial charge in [0.05, 0.1) is 16.6 Å². The van der Waals surface area contributed by atoms with Gasteiger partial charge in [0.25, 0.3) is 5.56 Å². The summed E-state index contributed by atoms with van der Waals surface area (Å²) in [5.74, 6) is 1.63. The summed E-state index contributed by atoms with van der Waals surface area (Å²) in [6.45, 7) is 2.06. The normalized spacial score (nSPS) is 14.0. The van der Waals surface area contributed by atoms with Gasteiger partial charge in [0.1, 0.15) is 17.5 Å². The number of hydrogen-bond acceptors (Lipinski definition) is 5. The van der Waals surface area contributed by atoms with E-state index in [1.54, 1.807) is 4.57 Å². The molecule has 2 heterocycles. The molecule has 5 nitrogen and oxygen atoms in total. The first-order valence-electron chi connectivity index (χ1n) is 11.0. The van der Waals surface area contributed by atoms with Crippen molar-refractivity contribution in [3.63, 3.8) is 0 Å². The smallest absolute Gasteiger partial charge is 0.266 e. The van der Waals surface area contributed by atoms with Crippen molar-refractivity contribution in [2.45, 2.75) is 19.3 Å². The zero-order valence-corrected chi connectivity index (χ0v) is 18.7. The molecule has 6 heteroatoms. The Balaban J connectivity index is 1.70. The molecule has 0 aliphatic carbocycles. The van der Waals surface area contributed by atoms with Crippen LogP contribution in [0.4, 0.5) is 5.69 Å². The molecule has 0 N–H and O–H groups in total. The highest BCUT2D eigenvalue weighted by Gasteiger charge is 2.17. The van der Waals surface area contributed by atoms with E-state index in [1.165, 1.54) is 19.3 Å². The summed E-state index contributed by atoms with van der Waals surface area (Å²) in [4.78, 5) is 21.1. The van der Waals surface area contributed by atoms with Crippen molar-refractivity contribution in [3.8, 4) is 22.8 Å². The van der Waals surface area contributed by atoms with Crippen molar-refractivity contribution in [2.24, 2.45) is 0 Å². The Labute approximate surface area is 192 Å². The van der Waals surface area contributed by atoms with Crippen LogP contribution >= 0.6 is 12.6 Å². The van der Waals surface area contributed by atoms with Crippen LogP contribution in [0, 0.1) is 0 Å². The van der Waals surface area contributed by atoms with E-state index in [0.717, 1.165) is 30.0 Å². The quantitative estimate of drug-likeness (QED) is 0.335. The molecular weight excluding hydrogens is 418 g/mol. The van der Waals surface area contributed by atoms with Crippen LogP contribution in [-0.4, -0.2) is 28.6 Å². The van der Waals surface area contributed by atoms with Crippen molar-refractivity contribution in [1.29, 1.82) is 0 Å². The molecule has 32 heavy (non-hydrogen) atoms. The molecule has 1 aromatic heterocycles. The van der Waals surface area contributed by atoms with Crippen LogP contribution < -0.4 is 15.2 Å². The summed E-state index contributed by atoms with van der Waals surface area (Å²) >= 11 is 4.11. The lowest BCUT2D eigenvalue weighted by Gasteiger charge is -2.29. The van der Waals surface area contributed by atoms with Gasteiger partial charge in [-0.1, -0.05) is 30.3 Å². The van der Waals surface area contributed by atoms with Gasteiger partial charge >= 0.3 is 0 Å². The fourth-order valence-electron chi connectivity index (χ4n) is 4.31. The number of piperidine rings is 1. The Hall–Kier alpha value is -3.25. The SMILES string of the molecule is O=c1c2cc(N3CCCCC3)ccc2nc(-c2ccccc2)n1-c1ccc(OCS)cc1. The molecule has 0 radical (unpaired) electrons. The van der Waals surface area contributed by atoms with Crippen molar-refractivity contribution < 1.29 is 4.74 Å². The van der Waals surface area contributed by atoms with E-state index in [0.29, 0.717) is 28.4 Å².